The highest BCUT2D eigenvalue weighted by Crippen LogP contribution is 2.26. The molecule has 1 amide bonds. The smallest absolute Gasteiger partial charge is 0.243 e. The lowest BCUT2D eigenvalue weighted by molar-refractivity contribution is -0.126. The summed E-state index contributed by atoms with van der Waals surface area (Å²) in [6.45, 7) is 4.61. The molecule has 1 unspecified atom stereocenters. The molecule has 31 heavy (non-hydrogen) atoms. The molecule has 2 fully saturated rings. The summed E-state index contributed by atoms with van der Waals surface area (Å²) >= 11 is 0. The van der Waals surface area contributed by atoms with Crippen molar-refractivity contribution in [2.75, 3.05) is 19.6 Å². The molecule has 1 aliphatic carbocycles. The van der Waals surface area contributed by atoms with Crippen molar-refractivity contribution in [2.24, 2.45) is 11.8 Å². The summed E-state index contributed by atoms with van der Waals surface area (Å²) in [5.41, 5.74) is 0. The number of nitrogens with zero attached hydrogens (tertiary/aromatic N) is 1. The predicted molar refractivity (Wildman–Crippen MR) is 118 cm³/mol. The Hall–Kier alpha value is -1.49. The monoisotopic (exact) mass is 471 g/mol. The van der Waals surface area contributed by atoms with Crippen molar-refractivity contribution >= 4 is 26.0 Å². The molecule has 0 radical (unpaired) electrons. The summed E-state index contributed by atoms with van der Waals surface area (Å²) in [7, 11) is -7.49. The maximum Gasteiger partial charge on any atom is 0.243 e. The van der Waals surface area contributed by atoms with Crippen LogP contribution in [0.1, 0.15) is 52.4 Å². The van der Waals surface area contributed by atoms with E-state index in [1.54, 1.807) is 0 Å². The van der Waals surface area contributed by atoms with Gasteiger partial charge < -0.3 is 5.32 Å². The molecule has 1 atom stereocenters. The molecule has 8 nitrogen and oxygen atoms in total. The van der Waals surface area contributed by atoms with Crippen molar-refractivity contribution in [3.63, 3.8) is 0 Å². The Morgan fingerprint density at radius 2 is 1.61 bits per heavy atom. The van der Waals surface area contributed by atoms with Crippen LogP contribution in [0.15, 0.2) is 34.1 Å². The van der Waals surface area contributed by atoms with Crippen LogP contribution in [0, 0.1) is 11.8 Å². The Morgan fingerprint density at radius 1 is 1.00 bits per heavy atom. The number of nitrogens with one attached hydrogen (secondary N) is 2. The van der Waals surface area contributed by atoms with Gasteiger partial charge in [-0.15, -0.1) is 0 Å². The molecule has 3 rings (SSSR count). The highest BCUT2D eigenvalue weighted by atomic mass is 32.2. The lowest BCUT2D eigenvalue weighted by Gasteiger charge is -2.31. The number of hydrogen-bond acceptors (Lipinski definition) is 5. The lowest BCUT2D eigenvalue weighted by Crippen LogP contribution is -2.47. The Labute approximate surface area is 185 Å². The van der Waals surface area contributed by atoms with Crippen LogP contribution < -0.4 is 10.0 Å². The fraction of sp³-hybridized carbons (Fsp3) is 0.667. The average molecular weight is 472 g/mol. The van der Waals surface area contributed by atoms with E-state index in [0.717, 1.165) is 25.7 Å². The van der Waals surface area contributed by atoms with Crippen LogP contribution >= 0.6 is 0 Å². The number of rotatable bonds is 8. The van der Waals surface area contributed by atoms with E-state index >= 15 is 0 Å². The summed E-state index contributed by atoms with van der Waals surface area (Å²) in [5.74, 6) is -0.263. The van der Waals surface area contributed by atoms with E-state index in [2.05, 4.69) is 10.0 Å². The summed E-state index contributed by atoms with van der Waals surface area (Å²) in [6, 6.07) is 5.47. The molecular formula is C21H33N3O5S2. The molecule has 1 heterocycles. The number of piperidine rings is 1. The topological polar surface area (TPSA) is 113 Å². The van der Waals surface area contributed by atoms with Crippen LogP contribution in [0.3, 0.4) is 0 Å². The number of benzene rings is 1. The molecule has 0 aromatic heterocycles. The third kappa shape index (κ3) is 6.06. The van der Waals surface area contributed by atoms with Gasteiger partial charge in [-0.2, -0.15) is 4.31 Å². The predicted octanol–water partition coefficient (Wildman–Crippen LogP) is 2.08. The molecular weight excluding hydrogens is 438 g/mol. The van der Waals surface area contributed by atoms with Gasteiger partial charge in [-0.1, -0.05) is 26.7 Å². The Morgan fingerprint density at radius 3 is 2.23 bits per heavy atom. The van der Waals surface area contributed by atoms with Crippen LogP contribution in [0.25, 0.3) is 0 Å². The van der Waals surface area contributed by atoms with Gasteiger partial charge in [-0.05, 0) is 55.9 Å². The number of hydrogen-bond donors (Lipinski definition) is 2. The van der Waals surface area contributed by atoms with Crippen LogP contribution in [0.4, 0.5) is 0 Å². The van der Waals surface area contributed by atoms with Gasteiger partial charge in [0.2, 0.25) is 26.0 Å². The van der Waals surface area contributed by atoms with E-state index in [1.807, 2.05) is 13.8 Å². The lowest BCUT2D eigenvalue weighted by atomic mass is 9.98. The fourth-order valence-electron chi connectivity index (χ4n) is 4.06. The maximum atomic E-state index is 13.1. The Bertz CT molecular complexity index is 969. The third-order valence-electron chi connectivity index (χ3n) is 5.91. The Kier molecular flexibility index (Phi) is 7.77. The molecule has 1 aromatic carbocycles. The molecule has 1 saturated heterocycles. The van der Waals surface area contributed by atoms with Gasteiger partial charge in [-0.25, -0.2) is 21.6 Å². The van der Waals surface area contributed by atoms with Gasteiger partial charge in [-0.3, -0.25) is 4.79 Å². The van der Waals surface area contributed by atoms with Gasteiger partial charge in [0.15, 0.2) is 0 Å². The number of carbonyl (C=O) groups excluding carboxylic acids is 1. The van der Waals surface area contributed by atoms with Gasteiger partial charge >= 0.3 is 0 Å². The zero-order valence-electron chi connectivity index (χ0n) is 18.2. The quantitative estimate of drug-likeness (QED) is 0.603. The van der Waals surface area contributed by atoms with Gasteiger partial charge in [0.1, 0.15) is 0 Å². The van der Waals surface area contributed by atoms with Crippen LogP contribution in [0.2, 0.25) is 0 Å². The molecule has 1 aromatic rings. The van der Waals surface area contributed by atoms with E-state index < -0.39 is 20.0 Å². The van der Waals surface area contributed by atoms with Crippen LogP contribution in [-0.4, -0.2) is 52.7 Å². The zero-order chi connectivity index (χ0) is 22.6. The van der Waals surface area contributed by atoms with E-state index in [0.29, 0.717) is 25.9 Å². The molecule has 10 heteroatoms. The van der Waals surface area contributed by atoms with Crippen molar-refractivity contribution in [1.82, 2.24) is 14.3 Å². The second-order valence-corrected chi connectivity index (χ2v) is 12.6. The van der Waals surface area contributed by atoms with E-state index in [4.69, 9.17) is 0 Å². The van der Waals surface area contributed by atoms with Gasteiger partial charge in [0.05, 0.1) is 15.7 Å². The summed E-state index contributed by atoms with van der Waals surface area (Å²) in [4.78, 5) is 12.7. The summed E-state index contributed by atoms with van der Waals surface area (Å²) in [6.07, 6.45) is 5.50. The minimum Gasteiger partial charge on any atom is -0.353 e. The largest absolute Gasteiger partial charge is 0.353 e. The standard InChI is InChI=1S/C21H33N3O5S2/c1-16(2)14-22-30(26,27)19-9-11-20(12-10-19)31(28,29)24-13-5-6-17(15-24)21(25)23-18-7-3-4-8-18/h9-12,16-18,22H,3-8,13-15H2,1-2H3,(H,23,25). The third-order valence-corrected chi connectivity index (χ3v) is 9.23. The summed E-state index contributed by atoms with van der Waals surface area (Å²) < 4.78 is 54.8. The first-order valence-electron chi connectivity index (χ1n) is 11.0. The number of sulfonamides is 2. The first-order valence-corrected chi connectivity index (χ1v) is 13.9. The van der Waals surface area contributed by atoms with Crippen molar-refractivity contribution in [3.8, 4) is 0 Å². The van der Waals surface area contributed by atoms with E-state index in [-0.39, 0.29) is 40.1 Å². The van der Waals surface area contributed by atoms with E-state index in [9.17, 15) is 21.6 Å². The second kappa shape index (κ2) is 9.97. The molecule has 1 saturated carbocycles. The second-order valence-electron chi connectivity index (χ2n) is 8.91. The average Bonchev–Trinajstić information content (AvgIpc) is 3.25. The maximum absolute atomic E-state index is 13.1. The van der Waals surface area contributed by atoms with E-state index in [1.165, 1.54) is 28.6 Å². The van der Waals surface area contributed by atoms with Crippen molar-refractivity contribution in [2.45, 2.75) is 68.2 Å². The molecule has 0 spiro atoms. The highest BCUT2D eigenvalue weighted by Gasteiger charge is 2.34. The first kappa shape index (κ1) is 24.2. The molecule has 174 valence electrons. The van der Waals surface area contributed by atoms with Crippen molar-refractivity contribution in [1.29, 1.82) is 0 Å². The molecule has 2 aliphatic rings. The number of amides is 1. The number of carbonyl (C=O) groups is 1. The zero-order valence-corrected chi connectivity index (χ0v) is 19.8. The van der Waals surface area contributed by atoms with Gasteiger partial charge in [0.25, 0.3) is 0 Å². The normalized spacial score (nSPS) is 21.5. The van der Waals surface area contributed by atoms with Crippen molar-refractivity contribution in [3.05, 3.63) is 24.3 Å². The van der Waals surface area contributed by atoms with Crippen LogP contribution in [-0.2, 0) is 24.8 Å². The SMILES string of the molecule is CC(C)CNS(=O)(=O)c1ccc(S(=O)(=O)N2CCCC(C(=O)NC3CCCC3)C2)cc1. The highest BCUT2D eigenvalue weighted by molar-refractivity contribution is 7.89. The van der Waals surface area contributed by atoms with Crippen molar-refractivity contribution < 1.29 is 21.6 Å². The van der Waals surface area contributed by atoms with Gasteiger partial charge in [0, 0.05) is 25.7 Å². The summed E-state index contributed by atoms with van der Waals surface area (Å²) in [5, 5.41) is 3.07. The van der Waals surface area contributed by atoms with Crippen LogP contribution in [0.5, 0.6) is 0 Å². The fourth-order valence-corrected chi connectivity index (χ4v) is 6.80. The first-order chi connectivity index (χ1) is 14.6. The molecule has 0 bridgehead atoms. The molecule has 1 aliphatic heterocycles. The molecule has 2 N–H and O–H groups in total. The minimum absolute atomic E-state index is 0.0274. The Balaban J connectivity index is 1.68. The minimum atomic E-state index is -3.81.